The average Bonchev–Trinajstić information content (AvgIpc) is 2.37. The van der Waals surface area contributed by atoms with Gasteiger partial charge in [0.1, 0.15) is 0 Å². The third-order valence-electron chi connectivity index (χ3n) is 2.06. The third-order valence-corrected chi connectivity index (χ3v) is 2.06. The van der Waals surface area contributed by atoms with Crippen LogP contribution in [0, 0.1) is 12.3 Å². The molecule has 0 aliphatic rings. The van der Waals surface area contributed by atoms with E-state index in [0.29, 0.717) is 12.1 Å². The van der Waals surface area contributed by atoms with E-state index >= 15 is 0 Å². The Labute approximate surface area is 100 Å². The van der Waals surface area contributed by atoms with Crippen molar-refractivity contribution in [2.24, 2.45) is 0 Å². The van der Waals surface area contributed by atoms with Gasteiger partial charge in [-0.25, -0.2) is 0 Å². The van der Waals surface area contributed by atoms with Crippen LogP contribution in [0.25, 0.3) is 0 Å². The van der Waals surface area contributed by atoms with Gasteiger partial charge < -0.3 is 10.6 Å². The molecule has 0 saturated carbocycles. The number of nitrogens with one attached hydrogen (secondary N) is 2. The minimum Gasteiger partial charge on any atom is -0.352 e. The van der Waals surface area contributed by atoms with Gasteiger partial charge in [0.25, 0.3) is 5.91 Å². The minimum absolute atomic E-state index is 0.170. The summed E-state index contributed by atoms with van der Waals surface area (Å²) in [4.78, 5) is 22.7. The van der Waals surface area contributed by atoms with E-state index in [2.05, 4.69) is 16.6 Å². The van der Waals surface area contributed by atoms with E-state index in [1.165, 1.54) is 0 Å². The van der Waals surface area contributed by atoms with Crippen molar-refractivity contribution in [2.45, 2.75) is 6.42 Å². The fourth-order valence-corrected chi connectivity index (χ4v) is 1.22. The normalized spacial score (nSPS) is 9.12. The van der Waals surface area contributed by atoms with E-state index in [9.17, 15) is 9.59 Å². The van der Waals surface area contributed by atoms with E-state index in [0.717, 1.165) is 0 Å². The second-order valence-corrected chi connectivity index (χ2v) is 3.35. The molecule has 0 atom stereocenters. The van der Waals surface area contributed by atoms with Gasteiger partial charge in [-0.1, -0.05) is 24.1 Å². The Morgan fingerprint density at radius 3 is 2.53 bits per heavy atom. The number of terminal acetylenes is 1. The molecule has 2 amide bonds. The Hall–Kier alpha value is -2.28. The molecule has 0 aromatic heterocycles. The summed E-state index contributed by atoms with van der Waals surface area (Å²) < 4.78 is 0. The highest BCUT2D eigenvalue weighted by Crippen LogP contribution is 1.97. The molecule has 0 aliphatic heterocycles. The van der Waals surface area contributed by atoms with Crippen LogP contribution in [0.1, 0.15) is 16.8 Å². The Balaban J connectivity index is 2.26. The van der Waals surface area contributed by atoms with Crippen molar-refractivity contribution < 1.29 is 9.59 Å². The second-order valence-electron chi connectivity index (χ2n) is 3.35. The molecule has 2 N–H and O–H groups in total. The Morgan fingerprint density at radius 1 is 1.18 bits per heavy atom. The van der Waals surface area contributed by atoms with Crippen LogP contribution in [-0.4, -0.2) is 24.9 Å². The van der Waals surface area contributed by atoms with Crippen molar-refractivity contribution in [1.29, 1.82) is 0 Å². The molecule has 0 radical (unpaired) electrons. The quantitative estimate of drug-likeness (QED) is 0.726. The molecule has 4 nitrogen and oxygen atoms in total. The molecule has 1 aromatic rings. The summed E-state index contributed by atoms with van der Waals surface area (Å²) in [6.07, 6.45) is 5.22. The maximum Gasteiger partial charge on any atom is 0.251 e. The topological polar surface area (TPSA) is 58.2 Å². The van der Waals surface area contributed by atoms with Crippen molar-refractivity contribution in [3.8, 4) is 12.3 Å². The number of carbonyl (C=O) groups excluding carboxylic acids is 2. The summed E-state index contributed by atoms with van der Waals surface area (Å²) in [7, 11) is 0. The largest absolute Gasteiger partial charge is 0.352 e. The van der Waals surface area contributed by atoms with E-state index in [1.54, 1.807) is 24.3 Å². The SMILES string of the molecule is C#CCNC(=O)CCNC(=O)c1ccccc1. The predicted octanol–water partition coefficient (Wildman–Crippen LogP) is 0.556. The predicted molar refractivity (Wildman–Crippen MR) is 65.2 cm³/mol. The smallest absolute Gasteiger partial charge is 0.251 e. The monoisotopic (exact) mass is 230 g/mol. The molecular weight excluding hydrogens is 216 g/mol. The first kappa shape index (κ1) is 12.8. The standard InChI is InChI=1S/C13H14N2O2/c1-2-9-14-12(16)8-10-15-13(17)11-6-4-3-5-7-11/h1,3-7H,8-10H2,(H,14,16)(H,15,17). The van der Waals surface area contributed by atoms with E-state index < -0.39 is 0 Å². The average molecular weight is 230 g/mol. The van der Waals surface area contributed by atoms with Crippen LogP contribution in [-0.2, 0) is 4.79 Å². The molecule has 1 aromatic carbocycles. The minimum atomic E-state index is -0.185. The fourth-order valence-electron chi connectivity index (χ4n) is 1.22. The molecule has 4 heteroatoms. The van der Waals surface area contributed by atoms with Crippen LogP contribution in [0.15, 0.2) is 30.3 Å². The zero-order chi connectivity index (χ0) is 12.5. The molecule has 0 unspecified atom stereocenters. The van der Waals surface area contributed by atoms with Crippen LogP contribution in [0.5, 0.6) is 0 Å². The Kier molecular flexibility index (Phi) is 5.32. The molecular formula is C13H14N2O2. The van der Waals surface area contributed by atoms with Gasteiger partial charge in [-0.3, -0.25) is 9.59 Å². The van der Waals surface area contributed by atoms with Crippen molar-refractivity contribution in [3.05, 3.63) is 35.9 Å². The first-order chi connectivity index (χ1) is 8.24. The number of rotatable bonds is 5. The van der Waals surface area contributed by atoms with Crippen molar-refractivity contribution >= 4 is 11.8 Å². The molecule has 88 valence electrons. The van der Waals surface area contributed by atoms with Gasteiger partial charge in [0.05, 0.1) is 6.54 Å². The maximum atomic E-state index is 11.6. The summed E-state index contributed by atoms with van der Waals surface area (Å²) in [5.74, 6) is 1.95. The van der Waals surface area contributed by atoms with Gasteiger partial charge in [0.15, 0.2) is 0 Å². The van der Waals surface area contributed by atoms with Gasteiger partial charge in [0.2, 0.25) is 5.91 Å². The Bertz CT molecular complexity index is 421. The highest BCUT2D eigenvalue weighted by Gasteiger charge is 2.04. The molecule has 0 heterocycles. The summed E-state index contributed by atoms with van der Waals surface area (Å²) in [6, 6.07) is 8.84. The lowest BCUT2D eigenvalue weighted by atomic mass is 10.2. The number of carbonyl (C=O) groups is 2. The Morgan fingerprint density at radius 2 is 1.88 bits per heavy atom. The number of hydrogen-bond donors (Lipinski definition) is 2. The number of amides is 2. The highest BCUT2D eigenvalue weighted by molar-refractivity contribution is 5.94. The molecule has 0 spiro atoms. The summed E-state index contributed by atoms with van der Waals surface area (Å²) >= 11 is 0. The van der Waals surface area contributed by atoms with Crippen molar-refractivity contribution in [1.82, 2.24) is 10.6 Å². The van der Waals surface area contributed by atoms with Crippen LogP contribution in [0.4, 0.5) is 0 Å². The zero-order valence-electron chi connectivity index (χ0n) is 9.40. The number of hydrogen-bond acceptors (Lipinski definition) is 2. The van der Waals surface area contributed by atoms with E-state index in [1.807, 2.05) is 6.07 Å². The molecule has 0 aliphatic carbocycles. The summed E-state index contributed by atoms with van der Waals surface area (Å²) in [5.41, 5.74) is 0.580. The summed E-state index contributed by atoms with van der Waals surface area (Å²) in [5, 5.41) is 5.17. The molecule has 0 saturated heterocycles. The van der Waals surface area contributed by atoms with Crippen LogP contribution < -0.4 is 10.6 Å². The molecule has 17 heavy (non-hydrogen) atoms. The van der Waals surface area contributed by atoms with E-state index in [-0.39, 0.29) is 24.8 Å². The van der Waals surface area contributed by atoms with Gasteiger partial charge >= 0.3 is 0 Å². The third kappa shape index (κ3) is 4.85. The summed E-state index contributed by atoms with van der Waals surface area (Å²) in [6.45, 7) is 0.510. The molecule has 1 rings (SSSR count). The van der Waals surface area contributed by atoms with Gasteiger partial charge in [0, 0.05) is 18.5 Å². The molecule has 0 fully saturated rings. The van der Waals surface area contributed by atoms with Crippen molar-refractivity contribution in [3.63, 3.8) is 0 Å². The maximum absolute atomic E-state index is 11.6. The van der Waals surface area contributed by atoms with Crippen LogP contribution in [0.2, 0.25) is 0 Å². The second kappa shape index (κ2) is 7.07. The van der Waals surface area contributed by atoms with E-state index in [4.69, 9.17) is 6.42 Å². The van der Waals surface area contributed by atoms with Crippen LogP contribution >= 0.6 is 0 Å². The number of benzene rings is 1. The highest BCUT2D eigenvalue weighted by atomic mass is 16.2. The van der Waals surface area contributed by atoms with Gasteiger partial charge in [-0.05, 0) is 12.1 Å². The lowest BCUT2D eigenvalue weighted by Gasteiger charge is -2.04. The fraction of sp³-hybridized carbons (Fsp3) is 0.231. The zero-order valence-corrected chi connectivity index (χ0v) is 9.40. The first-order valence-electron chi connectivity index (χ1n) is 5.27. The van der Waals surface area contributed by atoms with Gasteiger partial charge in [-0.2, -0.15) is 0 Å². The molecule has 0 bridgehead atoms. The van der Waals surface area contributed by atoms with Crippen LogP contribution in [0.3, 0.4) is 0 Å². The lowest BCUT2D eigenvalue weighted by molar-refractivity contribution is -0.120. The lowest BCUT2D eigenvalue weighted by Crippen LogP contribution is -2.30. The van der Waals surface area contributed by atoms with Gasteiger partial charge in [-0.15, -0.1) is 6.42 Å². The first-order valence-corrected chi connectivity index (χ1v) is 5.27. The van der Waals surface area contributed by atoms with Crippen molar-refractivity contribution in [2.75, 3.05) is 13.1 Å².